The fourth-order valence-electron chi connectivity index (χ4n) is 2.06. The number of carbonyl (C=O) groups excluding carboxylic acids is 1. The van der Waals surface area contributed by atoms with E-state index in [1.54, 1.807) is 16.9 Å². The van der Waals surface area contributed by atoms with E-state index < -0.39 is 0 Å². The highest BCUT2D eigenvalue weighted by Gasteiger charge is 2.15. The maximum Gasteiger partial charge on any atom is 0.255 e. The molecule has 8 heteroatoms. The molecule has 0 fully saturated rings. The van der Waals surface area contributed by atoms with E-state index in [2.05, 4.69) is 36.8 Å². The molecule has 1 amide bonds. The molecule has 112 valence electrons. The van der Waals surface area contributed by atoms with Crippen molar-refractivity contribution >= 4 is 27.7 Å². The Morgan fingerprint density at radius 3 is 2.76 bits per heavy atom. The number of halogens is 1. The number of nitrogens with one attached hydrogen (secondary N) is 2. The Kier molecular flexibility index (Phi) is 4.59. The largest absolute Gasteiger partial charge is 0.348 e. The minimum Gasteiger partial charge on any atom is -0.348 e. The number of pyridine rings is 1. The molecule has 21 heavy (non-hydrogen) atoms. The Labute approximate surface area is 131 Å². The molecule has 0 unspecified atom stereocenters. The summed E-state index contributed by atoms with van der Waals surface area (Å²) >= 11 is 3.29. The van der Waals surface area contributed by atoms with Crippen LogP contribution in [0.25, 0.3) is 0 Å². The molecule has 0 aliphatic rings. The summed E-state index contributed by atoms with van der Waals surface area (Å²) in [5.74, 6) is 5.45. The fourth-order valence-corrected chi connectivity index (χ4v) is 2.40. The Morgan fingerprint density at radius 1 is 1.48 bits per heavy atom. The quantitative estimate of drug-likeness (QED) is 0.570. The van der Waals surface area contributed by atoms with Gasteiger partial charge in [0.1, 0.15) is 0 Å². The maximum absolute atomic E-state index is 12.3. The first-order valence-corrected chi connectivity index (χ1v) is 7.12. The predicted octanol–water partition coefficient (Wildman–Crippen LogP) is 1.41. The number of hydrogen-bond acceptors (Lipinski definition) is 5. The summed E-state index contributed by atoms with van der Waals surface area (Å²) in [7, 11) is 1.88. The number of aryl methyl sites for hydroxylation is 2. The number of hydrogen-bond donors (Lipinski definition) is 3. The van der Waals surface area contributed by atoms with Crippen LogP contribution < -0.4 is 16.6 Å². The number of carbonyl (C=O) groups is 1. The third-order valence-electron chi connectivity index (χ3n) is 3.32. The molecule has 0 saturated heterocycles. The van der Waals surface area contributed by atoms with Gasteiger partial charge in [-0.2, -0.15) is 5.10 Å². The van der Waals surface area contributed by atoms with Crippen LogP contribution in [0.5, 0.6) is 0 Å². The summed E-state index contributed by atoms with van der Waals surface area (Å²) in [5.41, 5.74) is 5.74. The topological polar surface area (TPSA) is 97.9 Å². The smallest absolute Gasteiger partial charge is 0.255 e. The summed E-state index contributed by atoms with van der Waals surface area (Å²) in [5, 5.41) is 7.19. The van der Waals surface area contributed by atoms with E-state index in [9.17, 15) is 4.79 Å². The average Bonchev–Trinajstić information content (AvgIpc) is 2.70. The Balaban J connectivity index is 2.17. The average molecular weight is 353 g/mol. The van der Waals surface area contributed by atoms with Gasteiger partial charge in [-0.05, 0) is 35.8 Å². The van der Waals surface area contributed by atoms with Gasteiger partial charge in [0, 0.05) is 35.5 Å². The SMILES string of the molecule is Cc1nn(C)c(C)c1CNC(=O)c1cc(Br)cnc1NN. The lowest BCUT2D eigenvalue weighted by atomic mass is 10.2. The first kappa shape index (κ1) is 15.5. The van der Waals surface area contributed by atoms with Crippen molar-refractivity contribution in [3.05, 3.63) is 39.3 Å². The number of amides is 1. The van der Waals surface area contributed by atoms with Crippen molar-refractivity contribution in [1.29, 1.82) is 0 Å². The monoisotopic (exact) mass is 352 g/mol. The van der Waals surface area contributed by atoms with E-state index in [0.717, 1.165) is 17.0 Å². The lowest BCUT2D eigenvalue weighted by molar-refractivity contribution is 0.0951. The molecule has 0 aliphatic heterocycles. The molecule has 0 aliphatic carbocycles. The Bertz CT molecular complexity index is 682. The zero-order valence-electron chi connectivity index (χ0n) is 12.1. The van der Waals surface area contributed by atoms with Crippen LogP contribution >= 0.6 is 15.9 Å². The predicted molar refractivity (Wildman–Crippen MR) is 83.6 cm³/mol. The number of anilines is 1. The van der Waals surface area contributed by atoms with Crippen LogP contribution in [0.1, 0.15) is 27.3 Å². The molecule has 0 bridgehead atoms. The van der Waals surface area contributed by atoms with Crippen LogP contribution in [0.2, 0.25) is 0 Å². The van der Waals surface area contributed by atoms with Gasteiger partial charge in [-0.3, -0.25) is 9.48 Å². The van der Waals surface area contributed by atoms with Gasteiger partial charge in [-0.1, -0.05) is 0 Å². The minimum atomic E-state index is -0.251. The second-order valence-corrected chi connectivity index (χ2v) is 5.57. The first-order chi connectivity index (χ1) is 9.93. The van der Waals surface area contributed by atoms with Crippen LogP contribution in [0.3, 0.4) is 0 Å². The number of rotatable bonds is 4. The van der Waals surface area contributed by atoms with Crippen molar-refractivity contribution in [2.75, 3.05) is 5.43 Å². The number of nitrogens with zero attached hydrogens (tertiary/aromatic N) is 3. The first-order valence-electron chi connectivity index (χ1n) is 6.33. The molecule has 0 saturated carbocycles. The summed E-state index contributed by atoms with van der Waals surface area (Å²) in [4.78, 5) is 16.3. The van der Waals surface area contributed by atoms with Crippen molar-refractivity contribution in [2.45, 2.75) is 20.4 Å². The third kappa shape index (κ3) is 3.22. The highest BCUT2D eigenvalue weighted by Crippen LogP contribution is 2.18. The van der Waals surface area contributed by atoms with Crippen molar-refractivity contribution < 1.29 is 4.79 Å². The Hall–Kier alpha value is -1.93. The second kappa shape index (κ2) is 6.23. The van der Waals surface area contributed by atoms with Gasteiger partial charge in [-0.15, -0.1) is 0 Å². The number of aromatic nitrogens is 3. The van der Waals surface area contributed by atoms with Crippen LogP contribution in [0, 0.1) is 13.8 Å². The van der Waals surface area contributed by atoms with Gasteiger partial charge >= 0.3 is 0 Å². The van der Waals surface area contributed by atoms with Crippen molar-refractivity contribution in [3.8, 4) is 0 Å². The Morgan fingerprint density at radius 2 is 2.19 bits per heavy atom. The molecular weight excluding hydrogens is 336 g/mol. The molecule has 2 heterocycles. The van der Waals surface area contributed by atoms with E-state index in [1.807, 2.05) is 20.9 Å². The molecule has 0 radical (unpaired) electrons. The molecule has 7 nitrogen and oxygen atoms in total. The number of nitrogen functional groups attached to an aromatic ring is 1. The van der Waals surface area contributed by atoms with E-state index in [0.29, 0.717) is 22.4 Å². The molecule has 2 aromatic rings. The standard InChI is InChI=1S/C13H17BrN6O/c1-7-11(8(2)20(3)19-7)6-17-13(21)10-4-9(14)5-16-12(10)18-15/h4-5H,6,15H2,1-3H3,(H,16,18)(H,17,21). The van der Waals surface area contributed by atoms with Gasteiger partial charge in [0.15, 0.2) is 5.82 Å². The van der Waals surface area contributed by atoms with E-state index in [1.165, 1.54) is 0 Å². The van der Waals surface area contributed by atoms with Crippen LogP contribution in [0.4, 0.5) is 5.82 Å². The lowest BCUT2D eigenvalue weighted by Gasteiger charge is -2.09. The zero-order chi connectivity index (χ0) is 15.6. The highest BCUT2D eigenvalue weighted by atomic mass is 79.9. The summed E-state index contributed by atoms with van der Waals surface area (Å²) in [6, 6.07) is 1.67. The van der Waals surface area contributed by atoms with E-state index >= 15 is 0 Å². The van der Waals surface area contributed by atoms with E-state index in [4.69, 9.17) is 5.84 Å². The number of hydrazine groups is 1. The molecule has 4 N–H and O–H groups in total. The molecule has 2 rings (SSSR count). The van der Waals surface area contributed by atoms with Crippen molar-refractivity contribution in [3.63, 3.8) is 0 Å². The van der Waals surface area contributed by atoms with Gasteiger partial charge in [0.05, 0.1) is 11.3 Å². The summed E-state index contributed by atoms with van der Waals surface area (Å²) < 4.78 is 2.50. The van der Waals surface area contributed by atoms with E-state index in [-0.39, 0.29) is 5.91 Å². The van der Waals surface area contributed by atoms with Gasteiger partial charge in [0.2, 0.25) is 0 Å². The van der Waals surface area contributed by atoms with Crippen molar-refractivity contribution in [1.82, 2.24) is 20.1 Å². The van der Waals surface area contributed by atoms with Crippen molar-refractivity contribution in [2.24, 2.45) is 12.9 Å². The van der Waals surface area contributed by atoms with Gasteiger partial charge in [0.25, 0.3) is 5.91 Å². The number of nitrogens with two attached hydrogens (primary N) is 1. The maximum atomic E-state index is 12.3. The molecule has 2 aromatic heterocycles. The summed E-state index contributed by atoms with van der Waals surface area (Å²) in [6.45, 7) is 4.29. The lowest BCUT2D eigenvalue weighted by Crippen LogP contribution is -2.25. The summed E-state index contributed by atoms with van der Waals surface area (Å²) in [6.07, 6.45) is 1.57. The van der Waals surface area contributed by atoms with Gasteiger partial charge < -0.3 is 10.7 Å². The molecule has 0 spiro atoms. The minimum absolute atomic E-state index is 0.251. The highest BCUT2D eigenvalue weighted by molar-refractivity contribution is 9.10. The third-order valence-corrected chi connectivity index (χ3v) is 3.75. The molecular formula is C13H17BrN6O. The second-order valence-electron chi connectivity index (χ2n) is 4.65. The normalized spacial score (nSPS) is 10.5. The zero-order valence-corrected chi connectivity index (χ0v) is 13.7. The van der Waals surface area contributed by atoms with Crippen LogP contribution in [-0.2, 0) is 13.6 Å². The molecule has 0 aromatic carbocycles. The van der Waals surface area contributed by atoms with Gasteiger partial charge in [-0.25, -0.2) is 10.8 Å². The molecule has 0 atom stereocenters. The fraction of sp³-hybridized carbons (Fsp3) is 0.308. The van der Waals surface area contributed by atoms with Crippen LogP contribution in [-0.4, -0.2) is 20.7 Å². The van der Waals surface area contributed by atoms with Crippen LogP contribution in [0.15, 0.2) is 16.7 Å².